The van der Waals surface area contributed by atoms with Gasteiger partial charge in [-0.2, -0.15) is 0 Å². The molecule has 4 saturated carbocycles. The van der Waals surface area contributed by atoms with E-state index in [1.807, 2.05) is 77.9 Å². The number of rotatable bonds is 24. The predicted octanol–water partition coefficient (Wildman–Crippen LogP) is 18.6. The van der Waals surface area contributed by atoms with Crippen LogP contribution in [0, 0.1) is 26.2 Å². The third-order valence-electron chi connectivity index (χ3n) is 17.1. The molecule has 4 aliphatic carbocycles. The average molecular weight is 1270 g/mol. The maximum absolute atomic E-state index is 12.9. The Balaban J connectivity index is 0.000000201. The van der Waals surface area contributed by atoms with E-state index in [-0.39, 0.29) is 42.1 Å². The van der Waals surface area contributed by atoms with Crippen molar-refractivity contribution in [2.45, 2.75) is 285 Å². The first-order valence-corrected chi connectivity index (χ1v) is 33.1. The molecule has 4 aromatic rings. The Kier molecular flexibility index (Phi) is 23.6. The second-order valence-corrected chi connectivity index (χ2v) is 31.8. The fourth-order valence-corrected chi connectivity index (χ4v) is 13.2. The third kappa shape index (κ3) is 21.6. The number of hydrogen-bond donors (Lipinski definition) is 0. The van der Waals surface area contributed by atoms with Crippen molar-refractivity contribution in [3.05, 3.63) is 104 Å². The lowest BCUT2D eigenvalue weighted by molar-refractivity contribution is -0.156. The van der Waals surface area contributed by atoms with E-state index in [9.17, 15) is 9.59 Å². The second kappa shape index (κ2) is 29.2. The highest BCUT2D eigenvalue weighted by Gasteiger charge is 2.56. The largest absolute Gasteiger partial charge is 0.461 e. The van der Waals surface area contributed by atoms with E-state index in [4.69, 9.17) is 37.3 Å². The lowest BCUT2D eigenvalue weighted by atomic mass is 9.66. The number of carbonyl (C=O) groups is 2. The number of ether oxygens (including phenoxy) is 4. The van der Waals surface area contributed by atoms with Gasteiger partial charge in [-0.05, 0) is 214 Å². The molecule has 2 aromatic carbocycles. The van der Waals surface area contributed by atoms with Gasteiger partial charge < -0.3 is 37.3 Å². The minimum absolute atomic E-state index is 0.00581. The van der Waals surface area contributed by atoms with Gasteiger partial charge in [0.15, 0.2) is 5.76 Å². The van der Waals surface area contributed by atoms with Crippen LogP contribution in [0.3, 0.4) is 0 Å². The van der Waals surface area contributed by atoms with Crippen LogP contribution in [0.15, 0.2) is 69.7 Å². The van der Waals surface area contributed by atoms with Crippen molar-refractivity contribution in [1.29, 1.82) is 0 Å². The summed E-state index contributed by atoms with van der Waals surface area (Å²) in [4.78, 5) is 25.6. The molecule has 0 amide bonds. The number of halogens is 1. The van der Waals surface area contributed by atoms with E-state index in [1.54, 1.807) is 0 Å². The van der Waals surface area contributed by atoms with Crippen molar-refractivity contribution < 1.29 is 46.9 Å². The van der Waals surface area contributed by atoms with Crippen molar-refractivity contribution >= 4 is 41.6 Å². The van der Waals surface area contributed by atoms with Crippen molar-refractivity contribution in [3.8, 4) is 0 Å². The van der Waals surface area contributed by atoms with Gasteiger partial charge in [0, 0.05) is 42.4 Å². The second-order valence-electron chi connectivity index (χ2n) is 30.8. The summed E-state index contributed by atoms with van der Waals surface area (Å²) in [6, 6.07) is 20.4. The van der Waals surface area contributed by atoms with E-state index in [2.05, 4.69) is 126 Å². The molecule has 466 valence electrons. The predicted molar refractivity (Wildman–Crippen MR) is 343 cm³/mol. The van der Waals surface area contributed by atoms with E-state index in [1.165, 1.54) is 68.1 Å². The smallest absolute Gasteiger partial charge is 0.460 e. The maximum Gasteiger partial charge on any atom is 0.461 e. The quantitative estimate of drug-likeness (QED) is 0.0285. The summed E-state index contributed by atoms with van der Waals surface area (Å²) in [5.41, 5.74) is 5.00. The molecule has 12 nitrogen and oxygen atoms in total. The van der Waals surface area contributed by atoms with Crippen LogP contribution in [-0.4, -0.2) is 65.0 Å². The zero-order valence-electron chi connectivity index (χ0n) is 54.5. The molecule has 0 spiro atoms. The standard InChI is InChI=1S/C32H47NO4.C29H42INO4.C9H17BO2/c1-31(2,3)20-23-17-26(18-23)30-28(24-14-15-24)29(33-37-30)25(19-27(34)36-32(4,5)6)13-10-16-35-21-22-11-8-7-9-12-22;1-28(2,3)18-21-15-23(16-21)27-25(30)26(31-35-27)22(17-24(32)34-29(4,5)6)13-10-14-33-19-20-11-8-7-9-12-20;1-8(2)9(3,4)12-10(11-8)7-5-6-7/h7-9,11-12,23-26H,10,13-21H2,1-6H3;7-9,11-12,21-23H,10,13-19H2,1-6H3;7H,5-6H2,1-4H3. The normalized spacial score (nSPS) is 21.9. The number of benzene rings is 2. The monoisotopic (exact) mass is 1270 g/mol. The van der Waals surface area contributed by atoms with Crippen LogP contribution in [0.2, 0.25) is 5.82 Å². The van der Waals surface area contributed by atoms with Gasteiger partial charge in [-0.15, -0.1) is 0 Å². The van der Waals surface area contributed by atoms with Crippen LogP contribution in [0.25, 0.3) is 0 Å². The summed E-state index contributed by atoms with van der Waals surface area (Å²) in [6.07, 6.45) is 16.1. The van der Waals surface area contributed by atoms with Crippen LogP contribution in [0.4, 0.5) is 0 Å². The molecule has 2 atom stereocenters. The minimum Gasteiger partial charge on any atom is -0.460 e. The molecule has 5 aliphatic rings. The third-order valence-corrected chi connectivity index (χ3v) is 18.2. The topological polar surface area (TPSA) is 142 Å². The molecular weight excluding hydrogens is 1170 g/mol. The molecule has 0 bridgehead atoms. The van der Waals surface area contributed by atoms with Crippen LogP contribution in [0.5, 0.6) is 0 Å². The zero-order valence-corrected chi connectivity index (χ0v) is 56.6. The summed E-state index contributed by atoms with van der Waals surface area (Å²) in [5.74, 6) is 5.34. The molecule has 1 saturated heterocycles. The van der Waals surface area contributed by atoms with Crippen molar-refractivity contribution in [2.24, 2.45) is 22.7 Å². The number of aromatic nitrogens is 2. The lowest BCUT2D eigenvalue weighted by Crippen LogP contribution is -2.41. The van der Waals surface area contributed by atoms with Gasteiger partial charge in [0.1, 0.15) is 22.7 Å². The van der Waals surface area contributed by atoms with Crippen molar-refractivity contribution in [3.63, 3.8) is 0 Å². The molecule has 1 aliphatic heterocycles. The van der Waals surface area contributed by atoms with Gasteiger partial charge >= 0.3 is 19.1 Å². The van der Waals surface area contributed by atoms with Crippen LogP contribution in [0.1, 0.15) is 283 Å². The van der Waals surface area contributed by atoms with E-state index < -0.39 is 11.2 Å². The summed E-state index contributed by atoms with van der Waals surface area (Å²) in [5, 5.41) is 9.14. The molecule has 2 unspecified atom stereocenters. The molecule has 5 fully saturated rings. The molecule has 14 heteroatoms. The van der Waals surface area contributed by atoms with Gasteiger partial charge in [0.05, 0.1) is 46.5 Å². The Labute approximate surface area is 520 Å². The van der Waals surface area contributed by atoms with E-state index in [0.717, 1.165) is 76.8 Å². The van der Waals surface area contributed by atoms with Crippen molar-refractivity contribution in [1.82, 2.24) is 10.3 Å². The maximum atomic E-state index is 12.9. The first-order chi connectivity index (χ1) is 39.3. The van der Waals surface area contributed by atoms with Crippen molar-refractivity contribution in [2.75, 3.05) is 13.2 Å². The summed E-state index contributed by atoms with van der Waals surface area (Å²) in [6.45, 7) is 36.3. The van der Waals surface area contributed by atoms with Crippen LogP contribution in [-0.2, 0) is 51.1 Å². The molecule has 0 radical (unpaired) electrons. The molecule has 84 heavy (non-hydrogen) atoms. The SMILES string of the molecule is CC(C)(C)CC1CC(c2onc(C(CCCOCc3ccccc3)CC(=O)OC(C)(C)C)c2C2CC2)C1.CC(C)(C)CC1CC(c2onc(C(CCCOCc3ccccc3)CC(=O)OC(C)(C)C)c2I)C1.CC1(C)OB(C2CC2)OC1(C)C. The fourth-order valence-electron chi connectivity index (χ4n) is 12.2. The average Bonchev–Trinajstić information content (AvgIpc) is 2.02. The Bertz CT molecular complexity index is 2640. The molecule has 3 heterocycles. The Hall–Kier alpha value is -3.57. The lowest BCUT2D eigenvalue weighted by Gasteiger charge is -2.38. The zero-order chi connectivity index (χ0) is 61.3. The number of nitrogens with zero attached hydrogens (tertiary/aromatic N) is 2. The highest BCUT2D eigenvalue weighted by atomic mass is 127. The Morgan fingerprint density at radius 3 is 1.39 bits per heavy atom. The summed E-state index contributed by atoms with van der Waals surface area (Å²) >= 11 is 2.37. The van der Waals surface area contributed by atoms with Crippen LogP contribution >= 0.6 is 22.6 Å². The Morgan fingerprint density at radius 2 is 0.988 bits per heavy atom. The van der Waals surface area contributed by atoms with Gasteiger partial charge in [-0.25, -0.2) is 0 Å². The molecule has 2 aromatic heterocycles. The van der Waals surface area contributed by atoms with Gasteiger partial charge in [-0.3, -0.25) is 9.59 Å². The summed E-state index contributed by atoms with van der Waals surface area (Å²) in [7, 11) is 0.0648. The first-order valence-electron chi connectivity index (χ1n) is 32.0. The number of hydrogen-bond acceptors (Lipinski definition) is 12. The molecular formula is C70H106BIN2O10. The van der Waals surface area contributed by atoms with Gasteiger partial charge in [0.25, 0.3) is 0 Å². The van der Waals surface area contributed by atoms with E-state index >= 15 is 0 Å². The van der Waals surface area contributed by atoms with Crippen LogP contribution < -0.4 is 0 Å². The highest BCUT2D eigenvalue weighted by molar-refractivity contribution is 14.1. The Morgan fingerprint density at radius 1 is 0.583 bits per heavy atom. The number of esters is 2. The first kappa shape index (κ1) is 67.9. The fraction of sp³-hybridized carbons (Fsp3) is 0.714. The molecule has 0 N–H and O–H groups in total. The number of carbonyl (C=O) groups excluding carboxylic acids is 2. The van der Waals surface area contributed by atoms with Gasteiger partial charge in [-0.1, -0.05) is 125 Å². The van der Waals surface area contributed by atoms with Gasteiger partial charge in [0.2, 0.25) is 0 Å². The summed E-state index contributed by atoms with van der Waals surface area (Å²) < 4.78 is 48.0. The van der Waals surface area contributed by atoms with E-state index in [0.29, 0.717) is 73.7 Å². The minimum atomic E-state index is -0.503. The molecule has 9 rings (SSSR count). The highest BCUT2D eigenvalue weighted by Crippen LogP contribution is 2.54.